The van der Waals surface area contributed by atoms with Gasteiger partial charge in [-0.25, -0.2) is 0 Å². The van der Waals surface area contributed by atoms with Crippen molar-refractivity contribution in [2.24, 2.45) is 0 Å². The molecule has 0 spiro atoms. The number of hydrogen-bond acceptors (Lipinski definition) is 2. The maximum absolute atomic E-state index is 11.6. The Bertz CT molecular complexity index is 288. The molecule has 0 aromatic heterocycles. The fourth-order valence-electron chi connectivity index (χ4n) is 1.94. The molecule has 0 bridgehead atoms. The van der Waals surface area contributed by atoms with Crippen molar-refractivity contribution in [2.45, 2.75) is 39.8 Å². The summed E-state index contributed by atoms with van der Waals surface area (Å²) in [4.78, 5) is 15.9. The highest BCUT2D eigenvalue weighted by molar-refractivity contribution is 5.93. The zero-order valence-corrected chi connectivity index (χ0v) is 10.1. The highest BCUT2D eigenvalue weighted by atomic mass is 16.2. The lowest BCUT2D eigenvalue weighted by Crippen LogP contribution is -2.55. The lowest BCUT2D eigenvalue weighted by Gasteiger charge is -2.40. The summed E-state index contributed by atoms with van der Waals surface area (Å²) >= 11 is 0. The van der Waals surface area contributed by atoms with Crippen LogP contribution in [0, 0.1) is 11.8 Å². The summed E-state index contributed by atoms with van der Waals surface area (Å²) < 4.78 is 0. The van der Waals surface area contributed by atoms with Crippen molar-refractivity contribution >= 4 is 5.91 Å². The second-order valence-electron chi connectivity index (χ2n) is 4.31. The maximum atomic E-state index is 11.6. The molecule has 1 aliphatic heterocycles. The summed E-state index contributed by atoms with van der Waals surface area (Å²) in [5.41, 5.74) is 0. The van der Waals surface area contributed by atoms with Crippen LogP contribution < -0.4 is 0 Å². The van der Waals surface area contributed by atoms with Gasteiger partial charge in [-0.15, -0.1) is 0 Å². The van der Waals surface area contributed by atoms with Gasteiger partial charge in [0, 0.05) is 31.7 Å². The highest BCUT2D eigenvalue weighted by Gasteiger charge is 2.27. The van der Waals surface area contributed by atoms with Gasteiger partial charge in [0.05, 0.1) is 0 Å². The standard InChI is InChI=1S/C12H20N2O/c1-5-6-12(15)14-8-7-13(10(2)3)9-11(14)4/h10-11H,7-9H2,1-4H3. The lowest BCUT2D eigenvalue weighted by atomic mass is 10.1. The smallest absolute Gasteiger partial charge is 0.298 e. The number of carbonyl (C=O) groups excluding carboxylic acids is 1. The van der Waals surface area contributed by atoms with Crippen LogP contribution in [-0.2, 0) is 4.79 Å². The third-order valence-corrected chi connectivity index (χ3v) is 2.88. The molecule has 3 nitrogen and oxygen atoms in total. The van der Waals surface area contributed by atoms with Crippen LogP contribution in [0.1, 0.15) is 27.7 Å². The zero-order chi connectivity index (χ0) is 11.4. The van der Waals surface area contributed by atoms with E-state index in [0.29, 0.717) is 6.04 Å². The molecule has 0 aromatic carbocycles. The molecule has 1 fully saturated rings. The second kappa shape index (κ2) is 5.18. The van der Waals surface area contributed by atoms with Gasteiger partial charge in [-0.05, 0) is 33.6 Å². The first-order chi connectivity index (χ1) is 7.06. The Hall–Kier alpha value is -1.01. The average molecular weight is 208 g/mol. The van der Waals surface area contributed by atoms with Crippen LogP contribution in [0.15, 0.2) is 0 Å². The predicted molar refractivity (Wildman–Crippen MR) is 61.3 cm³/mol. The van der Waals surface area contributed by atoms with Crippen LogP contribution in [0.3, 0.4) is 0 Å². The Kier molecular flexibility index (Phi) is 4.16. The average Bonchev–Trinajstić information content (AvgIpc) is 2.17. The largest absolute Gasteiger partial charge is 0.327 e. The SMILES string of the molecule is CC#CC(=O)N1CCN(C(C)C)CC1C. The minimum atomic E-state index is -0.0339. The van der Waals surface area contributed by atoms with Crippen molar-refractivity contribution in [3.05, 3.63) is 0 Å². The molecule has 1 amide bonds. The molecule has 1 rings (SSSR count). The normalized spacial score (nSPS) is 22.5. The predicted octanol–water partition coefficient (Wildman–Crippen LogP) is 0.951. The number of rotatable bonds is 1. The van der Waals surface area contributed by atoms with E-state index in [1.165, 1.54) is 0 Å². The first kappa shape index (κ1) is 12.1. The van der Waals surface area contributed by atoms with E-state index in [1.807, 2.05) is 4.90 Å². The van der Waals surface area contributed by atoms with E-state index in [0.717, 1.165) is 19.6 Å². The Labute approximate surface area is 92.4 Å². The van der Waals surface area contributed by atoms with Crippen molar-refractivity contribution in [2.75, 3.05) is 19.6 Å². The van der Waals surface area contributed by atoms with Crippen LogP contribution >= 0.6 is 0 Å². The van der Waals surface area contributed by atoms with Gasteiger partial charge in [0.25, 0.3) is 5.91 Å². The Morgan fingerprint density at radius 1 is 1.40 bits per heavy atom. The van der Waals surface area contributed by atoms with E-state index in [9.17, 15) is 4.79 Å². The van der Waals surface area contributed by atoms with Crippen LogP contribution in [0.25, 0.3) is 0 Å². The van der Waals surface area contributed by atoms with E-state index >= 15 is 0 Å². The third-order valence-electron chi connectivity index (χ3n) is 2.88. The monoisotopic (exact) mass is 208 g/mol. The summed E-state index contributed by atoms with van der Waals surface area (Å²) in [5, 5.41) is 0. The molecule has 1 atom stereocenters. The molecule has 1 unspecified atom stereocenters. The molecular formula is C12H20N2O. The molecule has 0 N–H and O–H groups in total. The van der Waals surface area contributed by atoms with Crippen molar-refractivity contribution in [1.82, 2.24) is 9.80 Å². The van der Waals surface area contributed by atoms with Gasteiger partial charge in [-0.1, -0.05) is 5.92 Å². The molecule has 0 saturated carbocycles. The second-order valence-corrected chi connectivity index (χ2v) is 4.31. The minimum absolute atomic E-state index is 0.0339. The molecule has 84 valence electrons. The van der Waals surface area contributed by atoms with E-state index in [1.54, 1.807) is 6.92 Å². The summed E-state index contributed by atoms with van der Waals surface area (Å²) in [6, 6.07) is 0.830. The van der Waals surface area contributed by atoms with Gasteiger partial charge in [-0.3, -0.25) is 9.69 Å². The Morgan fingerprint density at radius 3 is 2.53 bits per heavy atom. The van der Waals surface area contributed by atoms with Crippen LogP contribution in [0.4, 0.5) is 0 Å². The number of nitrogens with zero attached hydrogens (tertiary/aromatic N) is 2. The molecule has 1 saturated heterocycles. The van der Waals surface area contributed by atoms with Gasteiger partial charge in [0.15, 0.2) is 0 Å². The molecule has 0 aliphatic carbocycles. The van der Waals surface area contributed by atoms with Crippen LogP contribution in [0.2, 0.25) is 0 Å². The highest BCUT2D eigenvalue weighted by Crippen LogP contribution is 2.11. The number of piperazine rings is 1. The van der Waals surface area contributed by atoms with E-state index in [-0.39, 0.29) is 11.9 Å². The van der Waals surface area contributed by atoms with E-state index in [4.69, 9.17) is 0 Å². The van der Waals surface area contributed by atoms with Crippen molar-refractivity contribution in [3.63, 3.8) is 0 Å². The fraction of sp³-hybridized carbons (Fsp3) is 0.750. The van der Waals surface area contributed by atoms with Crippen LogP contribution in [0.5, 0.6) is 0 Å². The number of amides is 1. The van der Waals surface area contributed by atoms with E-state index < -0.39 is 0 Å². The summed E-state index contributed by atoms with van der Waals surface area (Å²) in [6.07, 6.45) is 0. The number of carbonyl (C=O) groups is 1. The van der Waals surface area contributed by atoms with Gasteiger partial charge >= 0.3 is 0 Å². The summed E-state index contributed by atoms with van der Waals surface area (Å²) in [7, 11) is 0. The Morgan fingerprint density at radius 2 is 2.07 bits per heavy atom. The Balaban J connectivity index is 2.59. The van der Waals surface area contributed by atoms with Gasteiger partial charge < -0.3 is 4.90 Å². The lowest BCUT2D eigenvalue weighted by molar-refractivity contribution is -0.129. The molecule has 1 heterocycles. The van der Waals surface area contributed by atoms with E-state index in [2.05, 4.69) is 37.5 Å². The summed E-state index contributed by atoms with van der Waals surface area (Å²) in [6.45, 7) is 10.9. The first-order valence-corrected chi connectivity index (χ1v) is 5.53. The quantitative estimate of drug-likeness (QED) is 0.599. The van der Waals surface area contributed by atoms with Crippen molar-refractivity contribution < 1.29 is 4.79 Å². The third kappa shape index (κ3) is 2.97. The number of hydrogen-bond donors (Lipinski definition) is 0. The van der Waals surface area contributed by atoms with Gasteiger partial charge in [-0.2, -0.15) is 0 Å². The van der Waals surface area contributed by atoms with Gasteiger partial charge in [0.1, 0.15) is 0 Å². The molecule has 0 aromatic rings. The van der Waals surface area contributed by atoms with Gasteiger partial charge in [0.2, 0.25) is 0 Å². The van der Waals surface area contributed by atoms with Crippen molar-refractivity contribution in [3.8, 4) is 11.8 Å². The summed E-state index contributed by atoms with van der Waals surface area (Å²) in [5.74, 6) is 5.24. The maximum Gasteiger partial charge on any atom is 0.298 e. The molecule has 15 heavy (non-hydrogen) atoms. The van der Waals surface area contributed by atoms with Crippen LogP contribution in [-0.4, -0.2) is 47.4 Å². The molecule has 3 heteroatoms. The molecule has 1 aliphatic rings. The van der Waals surface area contributed by atoms with Crippen molar-refractivity contribution in [1.29, 1.82) is 0 Å². The topological polar surface area (TPSA) is 23.6 Å². The first-order valence-electron chi connectivity index (χ1n) is 5.53. The molecular weight excluding hydrogens is 188 g/mol. The minimum Gasteiger partial charge on any atom is -0.327 e. The fourth-order valence-corrected chi connectivity index (χ4v) is 1.94. The zero-order valence-electron chi connectivity index (χ0n) is 10.1. The molecule has 0 radical (unpaired) electrons.